The normalized spacial score (nSPS) is 15.9. The Balaban J connectivity index is 4.32. The summed E-state index contributed by atoms with van der Waals surface area (Å²) < 4.78 is 5.45. The average Bonchev–Trinajstić information content (AvgIpc) is 2.01. The molecular weight excluding hydrogens is 228 g/mol. The molecule has 0 saturated carbocycles. The Bertz CT molecular complexity index is 152. The Labute approximate surface area is 91.4 Å². The molecule has 13 heavy (non-hydrogen) atoms. The molecule has 0 rings (SSSR count). The van der Waals surface area contributed by atoms with E-state index in [-0.39, 0.29) is 5.60 Å². The van der Waals surface area contributed by atoms with Crippen molar-refractivity contribution in [2.24, 2.45) is 11.3 Å². The van der Waals surface area contributed by atoms with Crippen molar-refractivity contribution in [2.45, 2.75) is 46.6 Å². The van der Waals surface area contributed by atoms with Crippen LogP contribution in [-0.2, 0) is 4.74 Å². The van der Waals surface area contributed by atoms with E-state index in [4.69, 9.17) is 4.74 Å². The largest absolute Gasteiger partial charge is 0.379 e. The zero-order chi connectivity index (χ0) is 10.7. The number of alkyl halides is 1. The van der Waals surface area contributed by atoms with Crippen LogP contribution in [0, 0.1) is 11.3 Å². The highest BCUT2D eigenvalue weighted by molar-refractivity contribution is 9.09. The highest BCUT2D eigenvalue weighted by Crippen LogP contribution is 2.37. The fourth-order valence-electron chi connectivity index (χ4n) is 1.55. The van der Waals surface area contributed by atoms with Gasteiger partial charge in [-0.15, -0.1) is 0 Å². The van der Waals surface area contributed by atoms with Crippen molar-refractivity contribution in [1.29, 1.82) is 0 Å². The van der Waals surface area contributed by atoms with E-state index in [0.29, 0.717) is 11.3 Å². The van der Waals surface area contributed by atoms with Crippen molar-refractivity contribution in [1.82, 2.24) is 0 Å². The summed E-state index contributed by atoms with van der Waals surface area (Å²) in [5, 5.41) is 1.06. The van der Waals surface area contributed by atoms with E-state index in [2.05, 4.69) is 50.5 Å². The maximum absolute atomic E-state index is 5.45. The van der Waals surface area contributed by atoms with Gasteiger partial charge in [0.15, 0.2) is 0 Å². The second-order valence-electron chi connectivity index (χ2n) is 5.18. The van der Waals surface area contributed by atoms with Crippen LogP contribution in [-0.4, -0.2) is 18.0 Å². The first-order valence-electron chi connectivity index (χ1n) is 4.86. The molecule has 0 bridgehead atoms. The van der Waals surface area contributed by atoms with Gasteiger partial charge in [-0.25, -0.2) is 0 Å². The van der Waals surface area contributed by atoms with Gasteiger partial charge in [0.2, 0.25) is 0 Å². The summed E-state index contributed by atoms with van der Waals surface area (Å²) in [4.78, 5) is 0. The summed E-state index contributed by atoms with van der Waals surface area (Å²) in [5.41, 5.74) is 0.308. The lowest BCUT2D eigenvalue weighted by molar-refractivity contribution is -0.0224. The second-order valence-corrected chi connectivity index (χ2v) is 5.83. The SMILES string of the molecule is COC(C)(C)CC(C)(C)[C@@H](C)CBr. The van der Waals surface area contributed by atoms with Crippen LogP contribution in [0.25, 0.3) is 0 Å². The molecule has 0 N–H and O–H groups in total. The molecule has 0 unspecified atom stereocenters. The molecule has 1 atom stereocenters. The Hall–Kier alpha value is 0.440. The molecule has 0 fully saturated rings. The van der Waals surface area contributed by atoms with Crippen molar-refractivity contribution in [3.63, 3.8) is 0 Å². The van der Waals surface area contributed by atoms with E-state index < -0.39 is 0 Å². The van der Waals surface area contributed by atoms with Gasteiger partial charge >= 0.3 is 0 Å². The first-order chi connectivity index (χ1) is 5.75. The standard InChI is InChI=1S/C11H23BrO/c1-9(7-12)10(2,3)8-11(4,5)13-6/h9H,7-8H2,1-6H3/t9-/m0/s1. The van der Waals surface area contributed by atoms with Crippen LogP contribution in [0.2, 0.25) is 0 Å². The van der Waals surface area contributed by atoms with E-state index >= 15 is 0 Å². The van der Waals surface area contributed by atoms with Crippen LogP contribution in [0.1, 0.15) is 41.0 Å². The monoisotopic (exact) mass is 250 g/mol. The minimum absolute atomic E-state index is 0.0140. The van der Waals surface area contributed by atoms with Crippen LogP contribution in [0.5, 0.6) is 0 Å². The van der Waals surface area contributed by atoms with Gasteiger partial charge < -0.3 is 4.74 Å². The summed E-state index contributed by atoms with van der Waals surface area (Å²) in [5.74, 6) is 0.668. The fraction of sp³-hybridized carbons (Fsp3) is 1.00. The zero-order valence-electron chi connectivity index (χ0n) is 9.78. The molecule has 0 aromatic rings. The van der Waals surface area contributed by atoms with Crippen LogP contribution < -0.4 is 0 Å². The minimum Gasteiger partial charge on any atom is -0.379 e. The number of methoxy groups -OCH3 is 1. The summed E-state index contributed by atoms with van der Waals surface area (Å²) in [6.45, 7) is 11.2. The summed E-state index contributed by atoms with van der Waals surface area (Å²) in [7, 11) is 1.79. The Kier molecular flexibility index (Phi) is 4.95. The molecule has 2 heteroatoms. The number of hydrogen-bond donors (Lipinski definition) is 0. The highest BCUT2D eigenvalue weighted by atomic mass is 79.9. The molecule has 0 aliphatic carbocycles. The third kappa shape index (κ3) is 4.46. The van der Waals surface area contributed by atoms with Crippen LogP contribution in [0.4, 0.5) is 0 Å². The Morgan fingerprint density at radius 3 is 2.00 bits per heavy atom. The Morgan fingerprint density at radius 1 is 1.23 bits per heavy atom. The lowest BCUT2D eigenvalue weighted by Gasteiger charge is -2.37. The van der Waals surface area contributed by atoms with Gasteiger partial charge in [-0.1, -0.05) is 36.7 Å². The van der Waals surface area contributed by atoms with Gasteiger partial charge in [0.1, 0.15) is 0 Å². The van der Waals surface area contributed by atoms with E-state index in [1.807, 2.05) is 0 Å². The van der Waals surface area contributed by atoms with E-state index in [0.717, 1.165) is 11.8 Å². The molecule has 0 aliphatic heterocycles. The fourth-order valence-corrected chi connectivity index (χ4v) is 2.43. The van der Waals surface area contributed by atoms with Crippen LogP contribution in [0.15, 0.2) is 0 Å². The maximum atomic E-state index is 5.45. The molecule has 0 heterocycles. The number of ether oxygens (including phenoxy) is 1. The lowest BCUT2D eigenvalue weighted by atomic mass is 9.73. The number of halogens is 1. The molecule has 0 aliphatic rings. The van der Waals surface area contributed by atoms with Crippen molar-refractivity contribution < 1.29 is 4.74 Å². The van der Waals surface area contributed by atoms with E-state index in [9.17, 15) is 0 Å². The third-order valence-electron chi connectivity index (χ3n) is 3.00. The minimum atomic E-state index is -0.0140. The predicted octanol–water partition coefficient (Wildman–Crippen LogP) is 3.86. The van der Waals surface area contributed by atoms with Gasteiger partial charge in [-0.2, -0.15) is 0 Å². The molecule has 0 spiro atoms. The summed E-state index contributed by atoms with van der Waals surface area (Å²) >= 11 is 3.54. The maximum Gasteiger partial charge on any atom is 0.0627 e. The molecular formula is C11H23BrO. The van der Waals surface area contributed by atoms with Gasteiger partial charge in [0.25, 0.3) is 0 Å². The smallest absolute Gasteiger partial charge is 0.0627 e. The average molecular weight is 251 g/mol. The molecule has 0 radical (unpaired) electrons. The summed E-state index contributed by atoms with van der Waals surface area (Å²) in [6, 6.07) is 0. The highest BCUT2D eigenvalue weighted by Gasteiger charge is 2.32. The molecule has 0 aromatic heterocycles. The first kappa shape index (κ1) is 13.4. The molecule has 0 aromatic carbocycles. The third-order valence-corrected chi connectivity index (χ3v) is 3.97. The first-order valence-corrected chi connectivity index (χ1v) is 5.98. The van der Waals surface area contributed by atoms with Gasteiger partial charge in [0, 0.05) is 12.4 Å². The molecule has 0 amide bonds. The Morgan fingerprint density at radius 2 is 1.69 bits per heavy atom. The van der Waals surface area contributed by atoms with E-state index in [1.54, 1.807) is 7.11 Å². The van der Waals surface area contributed by atoms with Crippen molar-refractivity contribution in [3.8, 4) is 0 Å². The topological polar surface area (TPSA) is 9.23 Å². The molecule has 0 saturated heterocycles. The predicted molar refractivity (Wildman–Crippen MR) is 62.4 cm³/mol. The zero-order valence-corrected chi connectivity index (χ0v) is 11.4. The van der Waals surface area contributed by atoms with E-state index in [1.165, 1.54) is 0 Å². The summed E-state index contributed by atoms with van der Waals surface area (Å²) in [6.07, 6.45) is 1.09. The molecule has 80 valence electrons. The van der Waals surface area contributed by atoms with Gasteiger partial charge in [-0.05, 0) is 31.6 Å². The van der Waals surface area contributed by atoms with Crippen molar-refractivity contribution >= 4 is 15.9 Å². The van der Waals surface area contributed by atoms with Crippen molar-refractivity contribution in [3.05, 3.63) is 0 Å². The van der Waals surface area contributed by atoms with Gasteiger partial charge in [0.05, 0.1) is 5.60 Å². The quantitative estimate of drug-likeness (QED) is 0.674. The number of rotatable bonds is 5. The van der Waals surface area contributed by atoms with Crippen LogP contribution in [0.3, 0.4) is 0 Å². The molecule has 1 nitrogen and oxygen atoms in total. The van der Waals surface area contributed by atoms with Crippen LogP contribution >= 0.6 is 15.9 Å². The number of hydrogen-bond acceptors (Lipinski definition) is 1. The van der Waals surface area contributed by atoms with Gasteiger partial charge in [-0.3, -0.25) is 0 Å². The lowest BCUT2D eigenvalue weighted by Crippen LogP contribution is -2.34. The second kappa shape index (κ2) is 4.79. The van der Waals surface area contributed by atoms with Crippen molar-refractivity contribution in [2.75, 3.05) is 12.4 Å².